The quantitative estimate of drug-likeness (QED) is 0.785. The summed E-state index contributed by atoms with van der Waals surface area (Å²) in [5, 5.41) is 3.24. The third-order valence-corrected chi connectivity index (χ3v) is 4.38. The summed E-state index contributed by atoms with van der Waals surface area (Å²) in [6, 6.07) is 20.6. The van der Waals surface area contributed by atoms with Crippen LogP contribution in [0.25, 0.3) is 0 Å². The topological polar surface area (TPSA) is 29.1 Å². The van der Waals surface area contributed by atoms with Crippen LogP contribution in [-0.4, -0.2) is 5.91 Å². The number of carbonyl (C=O) groups excluding carboxylic acids is 1. The van der Waals surface area contributed by atoms with Crippen molar-refractivity contribution in [1.82, 2.24) is 5.32 Å². The fourth-order valence-corrected chi connectivity index (χ4v) is 3.14. The largest absolute Gasteiger partial charge is 0.349 e. The zero-order chi connectivity index (χ0) is 15.9. The maximum atomic E-state index is 12.4. The summed E-state index contributed by atoms with van der Waals surface area (Å²) in [4.78, 5) is 12.4. The number of carbonyl (C=O) groups is 1. The number of amides is 1. The van der Waals surface area contributed by atoms with Crippen molar-refractivity contribution in [2.24, 2.45) is 5.92 Å². The van der Waals surface area contributed by atoms with Crippen molar-refractivity contribution in [1.29, 1.82) is 0 Å². The monoisotopic (exact) mass is 305 g/mol. The van der Waals surface area contributed by atoms with E-state index in [1.54, 1.807) is 0 Å². The van der Waals surface area contributed by atoms with Crippen molar-refractivity contribution >= 4 is 5.91 Å². The van der Waals surface area contributed by atoms with Gasteiger partial charge in [-0.1, -0.05) is 72.8 Å². The van der Waals surface area contributed by atoms with Crippen LogP contribution in [0.4, 0.5) is 0 Å². The molecule has 2 aromatic carbocycles. The van der Waals surface area contributed by atoms with Gasteiger partial charge in [0.1, 0.15) is 0 Å². The molecule has 1 aliphatic rings. The molecule has 0 spiro atoms. The third-order valence-electron chi connectivity index (χ3n) is 4.38. The van der Waals surface area contributed by atoms with Gasteiger partial charge in [0.15, 0.2) is 0 Å². The van der Waals surface area contributed by atoms with Gasteiger partial charge in [0.05, 0.1) is 6.04 Å². The van der Waals surface area contributed by atoms with Crippen molar-refractivity contribution in [3.05, 3.63) is 83.9 Å². The summed E-state index contributed by atoms with van der Waals surface area (Å²) in [7, 11) is 0. The number of nitrogens with one attached hydrogen (secondary N) is 1. The zero-order valence-corrected chi connectivity index (χ0v) is 13.3. The van der Waals surface area contributed by atoms with Crippen LogP contribution in [0.5, 0.6) is 0 Å². The van der Waals surface area contributed by atoms with Gasteiger partial charge >= 0.3 is 0 Å². The van der Waals surface area contributed by atoms with Crippen molar-refractivity contribution < 1.29 is 4.79 Å². The minimum Gasteiger partial charge on any atom is -0.349 e. The van der Waals surface area contributed by atoms with E-state index in [0.717, 1.165) is 24.8 Å². The Morgan fingerprint density at radius 2 is 1.74 bits per heavy atom. The lowest BCUT2D eigenvalue weighted by molar-refractivity contribution is -0.122. The lowest BCUT2D eigenvalue weighted by Crippen LogP contribution is -2.30. The first-order valence-electron chi connectivity index (χ1n) is 8.36. The first-order chi connectivity index (χ1) is 11.3. The van der Waals surface area contributed by atoms with Crippen LogP contribution >= 0.6 is 0 Å². The van der Waals surface area contributed by atoms with E-state index in [9.17, 15) is 4.79 Å². The minimum absolute atomic E-state index is 0.0245. The van der Waals surface area contributed by atoms with Gasteiger partial charge in [0.2, 0.25) is 5.91 Å². The highest BCUT2D eigenvalue weighted by atomic mass is 16.1. The molecule has 0 aromatic heterocycles. The summed E-state index contributed by atoms with van der Waals surface area (Å²) in [6.45, 7) is 0. The molecule has 2 nitrogen and oxygen atoms in total. The average Bonchev–Trinajstić information content (AvgIpc) is 3.09. The fourth-order valence-electron chi connectivity index (χ4n) is 3.14. The van der Waals surface area contributed by atoms with Crippen LogP contribution in [-0.2, 0) is 11.2 Å². The van der Waals surface area contributed by atoms with E-state index in [1.165, 1.54) is 5.56 Å². The maximum Gasteiger partial charge on any atom is 0.221 e. The molecule has 1 amide bonds. The Balaban J connectivity index is 1.69. The summed E-state index contributed by atoms with van der Waals surface area (Å²) in [5.41, 5.74) is 2.40. The molecule has 0 bridgehead atoms. The molecule has 1 N–H and O–H groups in total. The van der Waals surface area contributed by atoms with Crippen LogP contribution in [0.1, 0.15) is 36.4 Å². The van der Waals surface area contributed by atoms with Crippen LogP contribution in [0.15, 0.2) is 72.8 Å². The van der Waals surface area contributed by atoms with Crippen LogP contribution in [0.3, 0.4) is 0 Å². The maximum absolute atomic E-state index is 12.4. The Hall–Kier alpha value is -2.35. The van der Waals surface area contributed by atoms with Crippen molar-refractivity contribution in [3.63, 3.8) is 0 Å². The molecule has 0 fully saturated rings. The Labute approximate surface area is 138 Å². The molecule has 23 heavy (non-hydrogen) atoms. The van der Waals surface area contributed by atoms with Gasteiger partial charge in [-0.15, -0.1) is 0 Å². The first-order valence-corrected chi connectivity index (χ1v) is 8.36. The summed E-state index contributed by atoms with van der Waals surface area (Å²) in [6.07, 6.45) is 7.96. The van der Waals surface area contributed by atoms with E-state index in [1.807, 2.05) is 36.4 Å². The Bertz CT molecular complexity index is 648. The van der Waals surface area contributed by atoms with E-state index in [2.05, 4.69) is 41.7 Å². The van der Waals surface area contributed by atoms with Gasteiger partial charge in [0, 0.05) is 6.42 Å². The minimum atomic E-state index is 0.0245. The van der Waals surface area contributed by atoms with Crippen LogP contribution in [0, 0.1) is 5.92 Å². The van der Waals surface area contributed by atoms with Crippen LogP contribution < -0.4 is 5.32 Å². The van der Waals surface area contributed by atoms with E-state index in [4.69, 9.17) is 0 Å². The number of hydrogen-bond donors (Lipinski definition) is 1. The molecular weight excluding hydrogens is 282 g/mol. The van der Waals surface area contributed by atoms with Crippen LogP contribution in [0.2, 0.25) is 0 Å². The molecule has 2 heteroatoms. The molecule has 2 atom stereocenters. The standard InChI is InChI=1S/C21H23NO/c23-21(16-18-11-7-8-12-18)22-20(19-13-5-2-6-14-19)15-17-9-3-1-4-10-17/h1-7,9-11,13-14,18,20H,8,12,15-16H2,(H,22,23)/t18-,20+/m1/s1. The molecular formula is C21H23NO. The predicted molar refractivity (Wildman–Crippen MR) is 94.0 cm³/mol. The Morgan fingerprint density at radius 1 is 1.04 bits per heavy atom. The van der Waals surface area contributed by atoms with E-state index in [-0.39, 0.29) is 11.9 Å². The van der Waals surface area contributed by atoms with E-state index < -0.39 is 0 Å². The molecule has 0 aliphatic heterocycles. The number of hydrogen-bond acceptors (Lipinski definition) is 1. The molecule has 118 valence electrons. The Morgan fingerprint density at radius 3 is 2.39 bits per heavy atom. The summed E-state index contributed by atoms with van der Waals surface area (Å²) < 4.78 is 0. The second-order valence-electron chi connectivity index (χ2n) is 6.19. The summed E-state index contributed by atoms with van der Waals surface area (Å²) in [5.74, 6) is 0.550. The second kappa shape index (κ2) is 7.77. The SMILES string of the molecule is O=C(C[C@@H]1C=CCC1)N[C@@H](Cc1ccccc1)c1ccccc1. The first kappa shape index (κ1) is 15.5. The van der Waals surface area contributed by atoms with Crippen molar-refractivity contribution in [2.75, 3.05) is 0 Å². The molecule has 0 radical (unpaired) electrons. The van der Waals surface area contributed by atoms with Gasteiger partial charge in [-0.2, -0.15) is 0 Å². The predicted octanol–water partition coefficient (Wildman–Crippen LogP) is 4.44. The lowest BCUT2D eigenvalue weighted by atomic mass is 9.98. The van der Waals surface area contributed by atoms with E-state index in [0.29, 0.717) is 12.3 Å². The zero-order valence-electron chi connectivity index (χ0n) is 13.3. The average molecular weight is 305 g/mol. The third kappa shape index (κ3) is 4.56. The molecule has 0 saturated heterocycles. The number of benzene rings is 2. The van der Waals surface area contributed by atoms with E-state index >= 15 is 0 Å². The van der Waals surface area contributed by atoms with Gasteiger partial charge in [-0.05, 0) is 36.3 Å². The molecule has 3 rings (SSSR count). The lowest BCUT2D eigenvalue weighted by Gasteiger charge is -2.20. The van der Waals surface area contributed by atoms with Crippen molar-refractivity contribution in [2.45, 2.75) is 31.7 Å². The molecule has 0 unspecified atom stereocenters. The summed E-state index contributed by atoms with van der Waals surface area (Å²) >= 11 is 0. The Kier molecular flexibility index (Phi) is 5.25. The highest BCUT2D eigenvalue weighted by molar-refractivity contribution is 5.77. The highest BCUT2D eigenvalue weighted by Gasteiger charge is 2.18. The van der Waals surface area contributed by atoms with Gasteiger partial charge in [-0.3, -0.25) is 4.79 Å². The van der Waals surface area contributed by atoms with Gasteiger partial charge < -0.3 is 5.32 Å². The smallest absolute Gasteiger partial charge is 0.221 e. The molecule has 0 heterocycles. The van der Waals surface area contributed by atoms with Gasteiger partial charge in [-0.25, -0.2) is 0 Å². The molecule has 1 aliphatic carbocycles. The molecule has 0 saturated carbocycles. The number of rotatable bonds is 6. The van der Waals surface area contributed by atoms with Crippen molar-refractivity contribution in [3.8, 4) is 0 Å². The molecule has 2 aromatic rings. The highest BCUT2D eigenvalue weighted by Crippen LogP contribution is 2.22. The normalized spacial score (nSPS) is 17.8. The second-order valence-corrected chi connectivity index (χ2v) is 6.19. The fraction of sp³-hybridized carbons (Fsp3) is 0.286. The van der Waals surface area contributed by atoms with Gasteiger partial charge in [0.25, 0.3) is 0 Å². The number of allylic oxidation sites excluding steroid dienone is 2.